The van der Waals surface area contributed by atoms with Crippen molar-refractivity contribution in [2.75, 3.05) is 5.32 Å². The van der Waals surface area contributed by atoms with E-state index < -0.39 is 0 Å². The number of H-pyrrole nitrogens is 1. The van der Waals surface area contributed by atoms with Gasteiger partial charge in [-0.05, 0) is 36.8 Å². The van der Waals surface area contributed by atoms with E-state index in [2.05, 4.69) is 31.3 Å². The Morgan fingerprint density at radius 3 is 2.76 bits per heavy atom. The number of fused-ring (bicyclic) bond motifs is 2. The summed E-state index contributed by atoms with van der Waals surface area (Å²) in [6.45, 7) is 2.48. The van der Waals surface area contributed by atoms with Crippen molar-refractivity contribution < 1.29 is 4.74 Å². The summed E-state index contributed by atoms with van der Waals surface area (Å²) in [5.74, 6) is 1.51. The monoisotopic (exact) mass is 381 g/mol. The van der Waals surface area contributed by atoms with Crippen LogP contribution in [0.3, 0.4) is 0 Å². The van der Waals surface area contributed by atoms with E-state index in [-0.39, 0.29) is 0 Å². The number of anilines is 2. The van der Waals surface area contributed by atoms with E-state index in [1.165, 1.54) is 0 Å². The molecule has 3 aromatic heterocycles. The molecule has 0 saturated carbocycles. The number of benzene rings is 2. The molecule has 0 aliphatic carbocycles. The number of ether oxygens (including phenoxy) is 1. The minimum Gasteiger partial charge on any atom is -0.474 e. The van der Waals surface area contributed by atoms with Crippen LogP contribution < -0.4 is 10.1 Å². The minimum absolute atomic E-state index is 0.527. The number of nitrogens with one attached hydrogen (secondary N) is 2. The first-order valence-electron chi connectivity index (χ1n) is 9.38. The molecule has 2 aromatic carbocycles. The van der Waals surface area contributed by atoms with Gasteiger partial charge in [0.15, 0.2) is 5.88 Å². The summed E-state index contributed by atoms with van der Waals surface area (Å²) in [5, 5.41) is 5.41. The van der Waals surface area contributed by atoms with Crippen molar-refractivity contribution in [1.29, 1.82) is 0 Å². The maximum Gasteiger partial charge on any atom is 0.192 e. The van der Waals surface area contributed by atoms with Crippen molar-refractivity contribution in [2.45, 2.75) is 13.5 Å². The number of aromatic nitrogens is 4. The summed E-state index contributed by atoms with van der Waals surface area (Å²) in [7, 11) is 0. The molecule has 29 heavy (non-hydrogen) atoms. The molecule has 5 rings (SSSR count). The number of hydrogen-bond donors (Lipinski definition) is 2. The van der Waals surface area contributed by atoms with Crippen LogP contribution in [-0.4, -0.2) is 19.9 Å². The molecule has 0 spiro atoms. The Morgan fingerprint density at radius 2 is 1.86 bits per heavy atom. The molecular weight excluding hydrogens is 362 g/mol. The van der Waals surface area contributed by atoms with Crippen LogP contribution in [0.2, 0.25) is 0 Å². The van der Waals surface area contributed by atoms with Gasteiger partial charge in [0.05, 0.1) is 11.7 Å². The zero-order chi connectivity index (χ0) is 19.6. The van der Waals surface area contributed by atoms with Crippen molar-refractivity contribution >= 4 is 33.3 Å². The molecule has 3 heterocycles. The molecule has 0 aliphatic heterocycles. The van der Waals surface area contributed by atoms with Gasteiger partial charge in [-0.15, -0.1) is 0 Å². The number of aromatic amines is 1. The van der Waals surface area contributed by atoms with Crippen molar-refractivity contribution in [3.05, 3.63) is 84.4 Å². The lowest BCUT2D eigenvalue weighted by molar-refractivity contribution is 0.296. The molecule has 0 aliphatic rings. The molecular formula is C23H19N5O. The van der Waals surface area contributed by atoms with E-state index in [1.54, 1.807) is 12.5 Å². The zero-order valence-corrected chi connectivity index (χ0v) is 15.9. The first kappa shape index (κ1) is 17.2. The van der Waals surface area contributed by atoms with Crippen LogP contribution in [0.1, 0.15) is 11.3 Å². The highest BCUT2D eigenvalue weighted by Gasteiger charge is 2.07. The predicted molar refractivity (Wildman–Crippen MR) is 114 cm³/mol. The predicted octanol–water partition coefficient (Wildman–Crippen LogP) is 5.14. The van der Waals surface area contributed by atoms with E-state index in [0.29, 0.717) is 6.61 Å². The van der Waals surface area contributed by atoms with Gasteiger partial charge < -0.3 is 15.0 Å². The first-order valence-corrected chi connectivity index (χ1v) is 9.38. The third kappa shape index (κ3) is 3.60. The van der Waals surface area contributed by atoms with Gasteiger partial charge in [0.1, 0.15) is 18.8 Å². The topological polar surface area (TPSA) is 75.7 Å². The van der Waals surface area contributed by atoms with Gasteiger partial charge in [0.25, 0.3) is 0 Å². The van der Waals surface area contributed by atoms with Gasteiger partial charge in [-0.1, -0.05) is 30.3 Å². The zero-order valence-electron chi connectivity index (χ0n) is 15.9. The Balaban J connectivity index is 1.40. The highest BCUT2D eigenvalue weighted by atomic mass is 16.5. The molecule has 0 amide bonds. The number of pyridine rings is 1. The summed E-state index contributed by atoms with van der Waals surface area (Å²) in [4.78, 5) is 16.3. The maximum atomic E-state index is 5.90. The second kappa shape index (κ2) is 7.24. The number of rotatable bonds is 5. The highest BCUT2D eigenvalue weighted by Crippen LogP contribution is 2.28. The van der Waals surface area contributed by atoms with E-state index in [4.69, 9.17) is 4.74 Å². The highest BCUT2D eigenvalue weighted by molar-refractivity contribution is 5.92. The Kier molecular flexibility index (Phi) is 4.29. The third-order valence-corrected chi connectivity index (χ3v) is 4.75. The van der Waals surface area contributed by atoms with Gasteiger partial charge in [-0.25, -0.2) is 9.97 Å². The molecule has 142 valence electrons. The van der Waals surface area contributed by atoms with Crippen LogP contribution >= 0.6 is 0 Å². The van der Waals surface area contributed by atoms with Gasteiger partial charge in [0, 0.05) is 33.7 Å². The molecule has 0 fully saturated rings. The SMILES string of the molecule is Cc1cc2c(Nc3ccc4[nH]c(OCc5ccccc5)cc4c3)ncnc2cn1. The lowest BCUT2D eigenvalue weighted by Crippen LogP contribution is -1.97. The second-order valence-corrected chi connectivity index (χ2v) is 6.90. The smallest absolute Gasteiger partial charge is 0.192 e. The van der Waals surface area contributed by atoms with Crippen LogP contribution in [-0.2, 0) is 6.61 Å². The minimum atomic E-state index is 0.527. The Morgan fingerprint density at radius 1 is 0.966 bits per heavy atom. The van der Waals surface area contributed by atoms with E-state index >= 15 is 0 Å². The van der Waals surface area contributed by atoms with Gasteiger partial charge in [0.2, 0.25) is 0 Å². The van der Waals surface area contributed by atoms with Crippen LogP contribution in [0.25, 0.3) is 21.8 Å². The third-order valence-electron chi connectivity index (χ3n) is 4.75. The van der Waals surface area contributed by atoms with Crippen LogP contribution in [0, 0.1) is 6.92 Å². The molecule has 0 atom stereocenters. The summed E-state index contributed by atoms with van der Waals surface area (Å²) in [5.41, 5.74) is 4.84. The fourth-order valence-electron chi connectivity index (χ4n) is 3.30. The van der Waals surface area contributed by atoms with Gasteiger partial charge in [-0.3, -0.25) is 4.98 Å². The molecule has 5 aromatic rings. The maximum absolute atomic E-state index is 5.90. The molecule has 6 heteroatoms. The number of aryl methyl sites for hydroxylation is 1. The lowest BCUT2D eigenvalue weighted by atomic mass is 10.2. The van der Waals surface area contributed by atoms with Crippen LogP contribution in [0.15, 0.2) is 73.2 Å². The van der Waals surface area contributed by atoms with Crippen molar-refractivity contribution in [1.82, 2.24) is 19.9 Å². The average molecular weight is 381 g/mol. The van der Waals surface area contributed by atoms with Gasteiger partial charge in [-0.2, -0.15) is 0 Å². The summed E-state index contributed by atoms with van der Waals surface area (Å²) in [6.07, 6.45) is 3.31. The molecule has 6 nitrogen and oxygen atoms in total. The summed E-state index contributed by atoms with van der Waals surface area (Å²) < 4.78 is 5.90. The fraction of sp³-hybridized carbons (Fsp3) is 0.0870. The largest absolute Gasteiger partial charge is 0.474 e. The first-order chi connectivity index (χ1) is 14.2. The van der Waals surface area contributed by atoms with Crippen molar-refractivity contribution in [3.63, 3.8) is 0 Å². The van der Waals surface area contributed by atoms with Crippen molar-refractivity contribution in [2.24, 2.45) is 0 Å². The average Bonchev–Trinajstić information content (AvgIpc) is 3.16. The van der Waals surface area contributed by atoms with E-state index in [9.17, 15) is 0 Å². The van der Waals surface area contributed by atoms with Gasteiger partial charge >= 0.3 is 0 Å². The molecule has 0 bridgehead atoms. The quantitative estimate of drug-likeness (QED) is 0.441. The molecule has 2 N–H and O–H groups in total. The fourth-order valence-corrected chi connectivity index (χ4v) is 3.30. The Hall–Kier alpha value is -3.93. The van der Waals surface area contributed by atoms with Crippen LogP contribution in [0.4, 0.5) is 11.5 Å². The number of nitrogens with zero attached hydrogens (tertiary/aromatic N) is 3. The Labute approximate surface area is 167 Å². The van der Waals surface area contributed by atoms with E-state index in [0.717, 1.165) is 50.4 Å². The summed E-state index contributed by atoms with van der Waals surface area (Å²) >= 11 is 0. The molecule has 0 unspecified atom stereocenters. The molecule has 0 saturated heterocycles. The van der Waals surface area contributed by atoms with Crippen LogP contribution in [0.5, 0.6) is 5.88 Å². The standard InChI is InChI=1S/C23H19N5O/c1-15-9-19-21(12-24-15)25-14-26-23(19)27-18-7-8-20-17(10-18)11-22(28-20)29-13-16-5-3-2-4-6-16/h2-12,14,28H,13H2,1H3,(H,25,26,27). The molecule has 0 radical (unpaired) electrons. The normalized spacial score (nSPS) is 11.1. The Bertz CT molecular complexity index is 1300. The lowest BCUT2D eigenvalue weighted by Gasteiger charge is -2.08. The number of hydrogen-bond acceptors (Lipinski definition) is 5. The second-order valence-electron chi connectivity index (χ2n) is 6.90. The summed E-state index contributed by atoms with van der Waals surface area (Å²) in [6, 6.07) is 20.2. The van der Waals surface area contributed by atoms with Crippen molar-refractivity contribution in [3.8, 4) is 5.88 Å². The van der Waals surface area contributed by atoms with E-state index in [1.807, 2.05) is 61.5 Å².